The highest BCUT2D eigenvalue weighted by atomic mass is 35.5. The predicted octanol–water partition coefficient (Wildman–Crippen LogP) is 3.40. The molecule has 3 heterocycles. The average molecular weight is 350 g/mol. The number of nitrogens with one attached hydrogen (secondary N) is 1. The van der Waals surface area contributed by atoms with Crippen molar-refractivity contribution >= 4 is 39.9 Å². The molecule has 0 unspecified atom stereocenters. The average Bonchev–Trinajstić information content (AvgIpc) is 3.14. The van der Waals surface area contributed by atoms with E-state index in [1.165, 1.54) is 4.88 Å². The minimum Gasteiger partial charge on any atom is -0.375 e. The van der Waals surface area contributed by atoms with Gasteiger partial charge < -0.3 is 10.7 Å². The zero-order valence-electron chi connectivity index (χ0n) is 12.7. The first-order valence-corrected chi connectivity index (χ1v) is 8.47. The van der Waals surface area contributed by atoms with Crippen molar-refractivity contribution in [3.05, 3.63) is 41.2 Å². The van der Waals surface area contributed by atoms with E-state index in [9.17, 15) is 0 Å². The van der Waals surface area contributed by atoms with Crippen molar-refractivity contribution in [3.63, 3.8) is 0 Å². The molecule has 0 bridgehead atoms. The first-order chi connectivity index (χ1) is 10.8. The SMILES string of the molecule is Cl.Nc1ncc(CN2CCC(c3nc4ccccc4[nH]3)CC2)s1. The smallest absolute Gasteiger partial charge is 0.180 e. The van der Waals surface area contributed by atoms with Crippen LogP contribution in [0.3, 0.4) is 0 Å². The molecule has 0 radical (unpaired) electrons. The van der Waals surface area contributed by atoms with Crippen LogP contribution in [0.4, 0.5) is 5.13 Å². The second-order valence-corrected chi connectivity index (χ2v) is 7.00. The van der Waals surface area contributed by atoms with E-state index in [0.29, 0.717) is 11.0 Å². The zero-order valence-corrected chi connectivity index (χ0v) is 14.4. The van der Waals surface area contributed by atoms with Gasteiger partial charge in [-0.05, 0) is 38.1 Å². The summed E-state index contributed by atoms with van der Waals surface area (Å²) in [6.45, 7) is 3.15. The van der Waals surface area contributed by atoms with Crippen molar-refractivity contribution in [2.45, 2.75) is 25.3 Å². The fraction of sp³-hybridized carbons (Fsp3) is 0.375. The Morgan fingerprint density at radius 2 is 2.04 bits per heavy atom. The second-order valence-electron chi connectivity index (χ2n) is 5.85. The van der Waals surface area contributed by atoms with Crippen molar-refractivity contribution in [2.75, 3.05) is 18.8 Å². The van der Waals surface area contributed by atoms with E-state index in [2.05, 4.69) is 27.0 Å². The van der Waals surface area contributed by atoms with Gasteiger partial charge in [-0.3, -0.25) is 4.90 Å². The molecule has 2 aromatic heterocycles. The molecule has 5 nitrogen and oxygen atoms in total. The molecule has 0 amide bonds. The number of fused-ring (bicyclic) bond motifs is 1. The van der Waals surface area contributed by atoms with Gasteiger partial charge in [-0.2, -0.15) is 0 Å². The summed E-state index contributed by atoms with van der Waals surface area (Å²) in [5.74, 6) is 1.68. The van der Waals surface area contributed by atoms with E-state index in [4.69, 9.17) is 10.7 Å². The van der Waals surface area contributed by atoms with Crippen LogP contribution in [-0.2, 0) is 6.54 Å². The minimum absolute atomic E-state index is 0. The predicted molar refractivity (Wildman–Crippen MR) is 97.1 cm³/mol. The Hall–Kier alpha value is -1.63. The van der Waals surface area contributed by atoms with Crippen molar-refractivity contribution in [3.8, 4) is 0 Å². The fourth-order valence-corrected chi connectivity index (χ4v) is 3.87. The van der Waals surface area contributed by atoms with E-state index in [0.717, 1.165) is 49.3 Å². The lowest BCUT2D eigenvalue weighted by Gasteiger charge is -2.30. The number of aromatic amines is 1. The van der Waals surface area contributed by atoms with Gasteiger partial charge >= 0.3 is 0 Å². The number of nitrogen functional groups attached to an aromatic ring is 1. The molecule has 0 aliphatic carbocycles. The number of rotatable bonds is 3. The molecule has 0 spiro atoms. The number of piperidine rings is 1. The lowest BCUT2D eigenvalue weighted by molar-refractivity contribution is 0.203. The van der Waals surface area contributed by atoms with Crippen LogP contribution in [0.1, 0.15) is 29.5 Å². The number of H-pyrrole nitrogens is 1. The molecule has 1 aromatic carbocycles. The van der Waals surface area contributed by atoms with Gasteiger partial charge in [0.1, 0.15) is 5.82 Å². The van der Waals surface area contributed by atoms with Gasteiger partial charge in [0.25, 0.3) is 0 Å². The molecular formula is C16H20ClN5S. The Kier molecular flexibility index (Phi) is 4.84. The van der Waals surface area contributed by atoms with Crippen LogP contribution in [0.5, 0.6) is 0 Å². The third-order valence-electron chi connectivity index (χ3n) is 4.33. The maximum Gasteiger partial charge on any atom is 0.180 e. The number of hydrogen-bond donors (Lipinski definition) is 2. The van der Waals surface area contributed by atoms with Crippen LogP contribution < -0.4 is 5.73 Å². The molecule has 1 aliphatic rings. The monoisotopic (exact) mass is 349 g/mol. The largest absolute Gasteiger partial charge is 0.375 e. The zero-order chi connectivity index (χ0) is 14.9. The third-order valence-corrected chi connectivity index (χ3v) is 5.14. The van der Waals surface area contributed by atoms with Gasteiger partial charge in [-0.1, -0.05) is 12.1 Å². The first-order valence-electron chi connectivity index (χ1n) is 7.65. The molecule has 7 heteroatoms. The Morgan fingerprint density at radius 3 is 2.74 bits per heavy atom. The number of nitrogens with two attached hydrogens (primary N) is 1. The Morgan fingerprint density at radius 1 is 1.26 bits per heavy atom. The number of anilines is 1. The van der Waals surface area contributed by atoms with Gasteiger partial charge in [0.05, 0.1) is 11.0 Å². The first kappa shape index (κ1) is 16.2. The van der Waals surface area contributed by atoms with Gasteiger partial charge in [-0.25, -0.2) is 9.97 Å². The number of hydrogen-bond acceptors (Lipinski definition) is 5. The molecule has 0 saturated carbocycles. The normalized spacial score (nSPS) is 16.5. The number of halogens is 1. The molecule has 4 rings (SSSR count). The highest BCUT2D eigenvalue weighted by Gasteiger charge is 2.23. The molecule has 1 fully saturated rings. The number of para-hydroxylation sites is 2. The van der Waals surface area contributed by atoms with Crippen molar-refractivity contribution in [1.29, 1.82) is 0 Å². The van der Waals surface area contributed by atoms with E-state index in [-0.39, 0.29) is 12.4 Å². The Bertz CT molecular complexity index is 742. The lowest BCUT2D eigenvalue weighted by atomic mass is 9.96. The molecule has 1 aliphatic heterocycles. The Labute approximate surface area is 145 Å². The molecule has 0 atom stereocenters. The second kappa shape index (κ2) is 6.86. The van der Waals surface area contributed by atoms with E-state index >= 15 is 0 Å². The number of aromatic nitrogens is 3. The maximum absolute atomic E-state index is 5.70. The van der Waals surface area contributed by atoms with Crippen LogP contribution >= 0.6 is 23.7 Å². The number of benzene rings is 1. The van der Waals surface area contributed by atoms with Crippen LogP contribution in [-0.4, -0.2) is 32.9 Å². The molecule has 122 valence electrons. The van der Waals surface area contributed by atoms with Crippen molar-refractivity contribution < 1.29 is 0 Å². The third kappa shape index (κ3) is 3.49. The van der Waals surface area contributed by atoms with Gasteiger partial charge in [0.15, 0.2) is 5.13 Å². The van der Waals surface area contributed by atoms with Gasteiger partial charge in [0, 0.05) is 23.5 Å². The summed E-state index contributed by atoms with van der Waals surface area (Å²) >= 11 is 1.59. The summed E-state index contributed by atoms with van der Waals surface area (Å²) < 4.78 is 0. The molecule has 3 N–H and O–H groups in total. The van der Waals surface area contributed by atoms with Crippen LogP contribution in [0.25, 0.3) is 11.0 Å². The summed E-state index contributed by atoms with van der Waals surface area (Å²) in [4.78, 5) is 16.1. The topological polar surface area (TPSA) is 70.8 Å². The number of nitrogens with zero attached hydrogens (tertiary/aromatic N) is 3. The standard InChI is InChI=1S/C16H19N5S.ClH/c17-16-18-9-12(22-16)10-21-7-5-11(6-8-21)15-19-13-3-1-2-4-14(13)20-15;/h1-4,9,11H,5-8,10H2,(H2,17,18)(H,19,20);1H. The number of imidazole rings is 1. The van der Waals surface area contributed by atoms with E-state index in [1.807, 2.05) is 18.3 Å². The highest BCUT2D eigenvalue weighted by Crippen LogP contribution is 2.29. The maximum atomic E-state index is 5.70. The van der Waals surface area contributed by atoms with Crippen LogP contribution in [0.2, 0.25) is 0 Å². The van der Waals surface area contributed by atoms with Crippen LogP contribution in [0.15, 0.2) is 30.5 Å². The quantitative estimate of drug-likeness (QED) is 0.760. The summed E-state index contributed by atoms with van der Waals surface area (Å²) in [6, 6.07) is 8.25. The van der Waals surface area contributed by atoms with Crippen molar-refractivity contribution in [2.24, 2.45) is 0 Å². The summed E-state index contributed by atoms with van der Waals surface area (Å²) in [7, 11) is 0. The minimum atomic E-state index is 0. The van der Waals surface area contributed by atoms with Gasteiger partial charge in [0.2, 0.25) is 0 Å². The summed E-state index contributed by atoms with van der Waals surface area (Å²) in [6.07, 6.45) is 4.19. The van der Waals surface area contributed by atoms with Gasteiger partial charge in [-0.15, -0.1) is 23.7 Å². The summed E-state index contributed by atoms with van der Waals surface area (Å²) in [5, 5.41) is 0.659. The lowest BCUT2D eigenvalue weighted by Crippen LogP contribution is -2.32. The van der Waals surface area contributed by atoms with E-state index in [1.54, 1.807) is 11.3 Å². The van der Waals surface area contributed by atoms with Crippen molar-refractivity contribution in [1.82, 2.24) is 19.9 Å². The van der Waals surface area contributed by atoms with E-state index < -0.39 is 0 Å². The molecular weight excluding hydrogens is 330 g/mol. The molecule has 3 aromatic rings. The Balaban J connectivity index is 0.00000156. The summed E-state index contributed by atoms with van der Waals surface area (Å²) in [5.41, 5.74) is 7.90. The number of thiazole rings is 1. The van der Waals surface area contributed by atoms with Crippen LogP contribution in [0, 0.1) is 0 Å². The fourth-order valence-electron chi connectivity index (χ4n) is 3.15. The molecule has 23 heavy (non-hydrogen) atoms. The highest BCUT2D eigenvalue weighted by molar-refractivity contribution is 7.15. The molecule has 1 saturated heterocycles. The number of likely N-dealkylation sites (tertiary alicyclic amines) is 1.